The maximum absolute atomic E-state index is 13.7. The molecule has 7 atom stereocenters. The van der Waals surface area contributed by atoms with Crippen molar-refractivity contribution in [2.45, 2.75) is 76.0 Å². The fourth-order valence-corrected chi connectivity index (χ4v) is 10.1. The Balaban J connectivity index is 1.16. The molecule has 4 aliphatic rings. The number of aromatic nitrogens is 4. The highest BCUT2D eigenvalue weighted by atomic mass is 32.2. The molecule has 3 fully saturated rings. The zero-order valence-electron chi connectivity index (χ0n) is 24.0. The molecular formula is C33H38N4O3S. The molecule has 3 aromatic heterocycles. The Morgan fingerprint density at radius 1 is 1.17 bits per heavy atom. The predicted octanol–water partition coefficient (Wildman–Crippen LogP) is 5.22. The molecule has 214 valence electrons. The number of aliphatic hydroxyl groups is 2. The number of thioether (sulfide) groups is 1. The van der Waals surface area contributed by atoms with Gasteiger partial charge in [0.15, 0.2) is 11.6 Å². The molecule has 0 amide bonds. The average molecular weight is 571 g/mol. The van der Waals surface area contributed by atoms with Gasteiger partial charge in [-0.1, -0.05) is 43.3 Å². The molecule has 7 nitrogen and oxygen atoms in total. The predicted molar refractivity (Wildman–Crippen MR) is 158 cm³/mol. The molecule has 3 saturated carbocycles. The zero-order chi connectivity index (χ0) is 28.6. The van der Waals surface area contributed by atoms with E-state index in [2.05, 4.69) is 29.9 Å². The van der Waals surface area contributed by atoms with Crippen LogP contribution in [0.25, 0.3) is 11.9 Å². The fraction of sp³-hybridized carbons (Fsp3) is 0.515. The van der Waals surface area contributed by atoms with Crippen LogP contribution in [0.15, 0.2) is 59.4 Å². The first-order chi connectivity index (χ1) is 19.6. The number of aryl methyl sites for hydroxylation is 1. The summed E-state index contributed by atoms with van der Waals surface area (Å²) in [6, 6.07) is 11.6. The van der Waals surface area contributed by atoms with Crippen molar-refractivity contribution < 1.29 is 15.0 Å². The van der Waals surface area contributed by atoms with Gasteiger partial charge in [0.05, 0.1) is 28.8 Å². The number of aliphatic hydroxyl groups excluding tert-OH is 1. The van der Waals surface area contributed by atoms with Gasteiger partial charge < -0.3 is 10.2 Å². The average Bonchev–Trinajstić information content (AvgIpc) is 3.48. The molecule has 0 aliphatic heterocycles. The second kappa shape index (κ2) is 9.61. The largest absolute Gasteiger partial charge is 0.393 e. The Labute approximate surface area is 245 Å². The van der Waals surface area contributed by atoms with Gasteiger partial charge in [0, 0.05) is 17.3 Å². The van der Waals surface area contributed by atoms with Crippen molar-refractivity contribution in [1.29, 1.82) is 0 Å². The Morgan fingerprint density at radius 2 is 2.02 bits per heavy atom. The minimum Gasteiger partial charge on any atom is -0.393 e. The fourth-order valence-electron chi connectivity index (χ4n) is 9.17. The van der Waals surface area contributed by atoms with Crippen molar-refractivity contribution in [3.63, 3.8) is 0 Å². The molecule has 0 saturated heterocycles. The Bertz CT molecular complexity index is 1540. The first-order valence-electron chi connectivity index (χ1n) is 14.8. The van der Waals surface area contributed by atoms with Gasteiger partial charge in [0.2, 0.25) is 0 Å². The van der Waals surface area contributed by atoms with E-state index in [0.717, 1.165) is 47.9 Å². The third-order valence-corrected chi connectivity index (χ3v) is 12.0. The molecule has 2 N–H and O–H groups in total. The van der Waals surface area contributed by atoms with Crippen molar-refractivity contribution in [1.82, 2.24) is 19.7 Å². The summed E-state index contributed by atoms with van der Waals surface area (Å²) in [5, 5.41) is 29.5. The number of hydrogen-bond donors (Lipinski definition) is 2. The van der Waals surface area contributed by atoms with Crippen LogP contribution in [0.4, 0.5) is 0 Å². The lowest BCUT2D eigenvalue weighted by atomic mass is 9.45. The van der Waals surface area contributed by atoms with E-state index in [-0.39, 0.29) is 34.7 Å². The van der Waals surface area contributed by atoms with Crippen LogP contribution in [0.3, 0.4) is 0 Å². The summed E-state index contributed by atoms with van der Waals surface area (Å²) in [4.78, 5) is 22.7. The van der Waals surface area contributed by atoms with E-state index in [1.807, 2.05) is 54.2 Å². The highest BCUT2D eigenvalue weighted by molar-refractivity contribution is 7.99. The number of allylic oxidation sites excluding steroid dienone is 1. The van der Waals surface area contributed by atoms with E-state index in [9.17, 15) is 15.0 Å². The van der Waals surface area contributed by atoms with Gasteiger partial charge in [-0.15, -0.1) is 0 Å². The number of ketones is 1. The molecule has 7 rings (SSSR count). The second-order valence-electron chi connectivity index (χ2n) is 13.2. The summed E-state index contributed by atoms with van der Waals surface area (Å²) in [7, 11) is 0. The lowest BCUT2D eigenvalue weighted by Crippen LogP contribution is -2.62. The van der Waals surface area contributed by atoms with Gasteiger partial charge in [0.1, 0.15) is 5.60 Å². The SMILES string of the molecule is Cc1cccc(SCC(=O)[C@@]2(O)CCC3C4CCC5=Cc6c(cnn6-c6ccccn6)CC5(C)C4[C@@H](O)CC32C)n1. The Hall–Kier alpha value is -2.81. The smallest absolute Gasteiger partial charge is 0.175 e. The maximum atomic E-state index is 13.7. The molecule has 5 unspecified atom stereocenters. The van der Waals surface area contributed by atoms with Crippen molar-refractivity contribution >= 4 is 23.6 Å². The summed E-state index contributed by atoms with van der Waals surface area (Å²) >= 11 is 1.39. The molecule has 3 aromatic rings. The van der Waals surface area contributed by atoms with Gasteiger partial charge in [-0.25, -0.2) is 14.6 Å². The van der Waals surface area contributed by atoms with E-state index in [4.69, 9.17) is 5.10 Å². The van der Waals surface area contributed by atoms with Crippen molar-refractivity contribution in [3.8, 4) is 5.82 Å². The molecular weight excluding hydrogens is 532 g/mol. The van der Waals surface area contributed by atoms with Gasteiger partial charge in [-0.05, 0) is 105 Å². The van der Waals surface area contributed by atoms with Gasteiger partial charge in [-0.2, -0.15) is 5.10 Å². The number of fused-ring (bicyclic) bond motifs is 6. The van der Waals surface area contributed by atoms with Crippen LogP contribution >= 0.6 is 11.8 Å². The van der Waals surface area contributed by atoms with E-state index in [0.29, 0.717) is 12.8 Å². The van der Waals surface area contributed by atoms with Crippen LogP contribution in [-0.4, -0.2) is 53.2 Å². The minimum absolute atomic E-state index is 0.0789. The summed E-state index contributed by atoms with van der Waals surface area (Å²) in [5.74, 6) is 1.40. The number of carbonyl (C=O) groups is 1. The topological polar surface area (TPSA) is 101 Å². The van der Waals surface area contributed by atoms with Gasteiger partial charge in [0.25, 0.3) is 0 Å². The van der Waals surface area contributed by atoms with Crippen LogP contribution in [0.5, 0.6) is 0 Å². The first-order valence-corrected chi connectivity index (χ1v) is 15.8. The summed E-state index contributed by atoms with van der Waals surface area (Å²) < 4.78 is 1.93. The Morgan fingerprint density at radius 3 is 2.80 bits per heavy atom. The third-order valence-electron chi connectivity index (χ3n) is 11.1. The highest BCUT2D eigenvalue weighted by Gasteiger charge is 2.68. The molecule has 0 spiro atoms. The van der Waals surface area contributed by atoms with Gasteiger partial charge in [-0.3, -0.25) is 4.79 Å². The molecule has 0 aromatic carbocycles. The summed E-state index contributed by atoms with van der Waals surface area (Å²) in [6.45, 7) is 6.33. The molecule has 4 aliphatic carbocycles. The quantitative estimate of drug-likeness (QED) is 0.406. The number of hydrogen-bond acceptors (Lipinski definition) is 7. The summed E-state index contributed by atoms with van der Waals surface area (Å²) in [6.07, 6.45) is 9.91. The number of Topliss-reactive ketones (excluding diaryl/α,β-unsaturated/α-hetero) is 1. The molecule has 41 heavy (non-hydrogen) atoms. The van der Waals surface area contributed by atoms with Crippen molar-refractivity contribution in [2.75, 3.05) is 5.75 Å². The second-order valence-corrected chi connectivity index (χ2v) is 14.2. The van der Waals surface area contributed by atoms with Crippen molar-refractivity contribution in [2.24, 2.45) is 28.6 Å². The monoisotopic (exact) mass is 570 g/mol. The van der Waals surface area contributed by atoms with Crippen LogP contribution in [0.2, 0.25) is 0 Å². The molecule has 0 bridgehead atoms. The molecule has 0 radical (unpaired) electrons. The standard InChI is InChI=1S/C33H38N4O3S/c1-20-7-6-9-29(36-20)41-19-27(39)33(40)13-12-24-23-11-10-22-15-25-21(18-35-37(25)28-8-4-5-14-34-28)16-31(22,2)30(23)26(38)17-32(24,33)3/h4-9,14-15,18,23-24,26,30,38,40H,10-13,16-17,19H2,1-3H3/t23?,24?,26-,30?,31?,32?,33-/m0/s1. The number of carbonyl (C=O) groups excluding carboxylic acids is 1. The van der Waals surface area contributed by atoms with E-state index >= 15 is 0 Å². The highest BCUT2D eigenvalue weighted by Crippen LogP contribution is 2.67. The lowest BCUT2D eigenvalue weighted by Gasteiger charge is -2.60. The minimum atomic E-state index is -1.43. The lowest BCUT2D eigenvalue weighted by molar-refractivity contribution is -0.177. The molecule has 3 heterocycles. The van der Waals surface area contributed by atoms with Gasteiger partial charge >= 0.3 is 0 Å². The molecule has 8 heteroatoms. The van der Waals surface area contributed by atoms with Crippen LogP contribution in [0, 0.1) is 35.5 Å². The van der Waals surface area contributed by atoms with E-state index in [1.165, 1.54) is 22.9 Å². The van der Waals surface area contributed by atoms with Crippen LogP contribution in [-0.2, 0) is 11.2 Å². The number of rotatable bonds is 5. The number of pyridine rings is 2. The normalized spacial score (nSPS) is 35.6. The van der Waals surface area contributed by atoms with Crippen molar-refractivity contribution in [3.05, 3.63) is 71.3 Å². The first kappa shape index (κ1) is 27.0. The number of nitrogens with zero attached hydrogens (tertiary/aromatic N) is 4. The zero-order valence-corrected chi connectivity index (χ0v) is 24.8. The summed E-state index contributed by atoms with van der Waals surface area (Å²) in [5.41, 5.74) is 2.29. The Kier molecular flexibility index (Phi) is 6.34. The van der Waals surface area contributed by atoms with Crippen LogP contribution < -0.4 is 0 Å². The van der Waals surface area contributed by atoms with E-state index < -0.39 is 17.1 Å². The maximum Gasteiger partial charge on any atom is 0.175 e. The van der Waals surface area contributed by atoms with E-state index in [1.54, 1.807) is 6.20 Å². The third kappa shape index (κ3) is 4.01. The van der Waals surface area contributed by atoms with Crippen LogP contribution in [0.1, 0.15) is 62.9 Å².